The van der Waals surface area contributed by atoms with Gasteiger partial charge in [0.2, 0.25) is 0 Å². The molecule has 0 atom stereocenters. The molecule has 1 fully saturated rings. The maximum atomic E-state index is 14.5. The number of hydrogen-bond donors (Lipinski definition) is 1. The first-order valence-electron chi connectivity index (χ1n) is 7.73. The Labute approximate surface area is 132 Å². The highest BCUT2D eigenvalue weighted by molar-refractivity contribution is 6.30. The molecule has 1 aromatic carbocycles. The lowest BCUT2D eigenvalue weighted by Crippen LogP contribution is -2.42. The molecule has 0 saturated heterocycles. The molecule has 0 amide bonds. The van der Waals surface area contributed by atoms with Gasteiger partial charge in [0, 0.05) is 25.6 Å². The van der Waals surface area contributed by atoms with Gasteiger partial charge in [0.05, 0.1) is 11.6 Å². The number of ether oxygens (including phenoxy) is 1. The number of halogens is 2. The van der Waals surface area contributed by atoms with Crippen LogP contribution in [0.1, 0.15) is 38.2 Å². The van der Waals surface area contributed by atoms with Gasteiger partial charge in [-0.1, -0.05) is 30.7 Å². The van der Waals surface area contributed by atoms with E-state index in [1.165, 1.54) is 0 Å². The molecule has 2 rings (SSSR count). The fourth-order valence-electron chi connectivity index (χ4n) is 3.27. The van der Waals surface area contributed by atoms with E-state index in [2.05, 4.69) is 12.2 Å². The first-order chi connectivity index (χ1) is 10.1. The summed E-state index contributed by atoms with van der Waals surface area (Å²) in [6.07, 6.45) is 4.28. The van der Waals surface area contributed by atoms with Crippen molar-refractivity contribution in [3.8, 4) is 0 Å². The van der Waals surface area contributed by atoms with E-state index in [1.54, 1.807) is 13.2 Å². The van der Waals surface area contributed by atoms with E-state index in [0.717, 1.165) is 50.3 Å². The summed E-state index contributed by atoms with van der Waals surface area (Å²) >= 11 is 5.99. The SMILES string of the molecule is COCCNCC1(c2cccc(Cl)c2F)CCC(C)CC1. The molecule has 0 spiro atoms. The van der Waals surface area contributed by atoms with E-state index in [0.29, 0.717) is 6.61 Å². The number of rotatable bonds is 6. The second kappa shape index (κ2) is 7.57. The summed E-state index contributed by atoms with van der Waals surface area (Å²) in [5.41, 5.74) is 0.627. The maximum absolute atomic E-state index is 14.5. The van der Waals surface area contributed by atoms with Crippen LogP contribution in [0.4, 0.5) is 4.39 Å². The first kappa shape index (κ1) is 16.7. The molecule has 1 N–H and O–H groups in total. The van der Waals surface area contributed by atoms with Crippen molar-refractivity contribution in [2.24, 2.45) is 5.92 Å². The van der Waals surface area contributed by atoms with Crippen molar-refractivity contribution in [1.29, 1.82) is 0 Å². The van der Waals surface area contributed by atoms with E-state index in [4.69, 9.17) is 16.3 Å². The molecule has 1 aliphatic carbocycles. The van der Waals surface area contributed by atoms with Crippen LogP contribution in [0.2, 0.25) is 5.02 Å². The quantitative estimate of drug-likeness (QED) is 0.796. The van der Waals surface area contributed by atoms with Crippen LogP contribution < -0.4 is 5.32 Å². The van der Waals surface area contributed by atoms with Gasteiger partial charge in [-0.05, 0) is 43.2 Å². The number of nitrogens with one attached hydrogen (secondary N) is 1. The van der Waals surface area contributed by atoms with Crippen LogP contribution in [0, 0.1) is 11.7 Å². The van der Waals surface area contributed by atoms with Gasteiger partial charge >= 0.3 is 0 Å². The van der Waals surface area contributed by atoms with Crippen LogP contribution >= 0.6 is 11.6 Å². The highest BCUT2D eigenvalue weighted by Gasteiger charge is 2.37. The molecule has 1 saturated carbocycles. The van der Waals surface area contributed by atoms with Crippen LogP contribution in [0.3, 0.4) is 0 Å². The third kappa shape index (κ3) is 3.97. The number of methoxy groups -OCH3 is 1. The molecule has 0 aliphatic heterocycles. The van der Waals surface area contributed by atoms with Gasteiger partial charge in [0.15, 0.2) is 0 Å². The topological polar surface area (TPSA) is 21.3 Å². The smallest absolute Gasteiger partial charge is 0.145 e. The highest BCUT2D eigenvalue weighted by atomic mass is 35.5. The standard InChI is InChI=1S/C17H25ClFNO/c1-13-6-8-17(9-7-13,12-20-10-11-21-2)14-4-3-5-15(18)16(14)19/h3-5,13,20H,6-12H2,1-2H3. The highest BCUT2D eigenvalue weighted by Crippen LogP contribution is 2.43. The van der Waals surface area contributed by atoms with E-state index >= 15 is 0 Å². The van der Waals surface area contributed by atoms with E-state index in [-0.39, 0.29) is 16.3 Å². The lowest BCUT2D eigenvalue weighted by atomic mass is 9.66. The van der Waals surface area contributed by atoms with Crippen LogP contribution in [-0.2, 0) is 10.2 Å². The molecule has 1 aromatic rings. The van der Waals surface area contributed by atoms with E-state index < -0.39 is 0 Å². The summed E-state index contributed by atoms with van der Waals surface area (Å²) in [5, 5.41) is 3.65. The van der Waals surface area contributed by atoms with Crippen molar-refractivity contribution in [2.45, 2.75) is 38.0 Å². The zero-order valence-corrected chi connectivity index (χ0v) is 13.7. The predicted molar refractivity (Wildman–Crippen MR) is 85.5 cm³/mol. The monoisotopic (exact) mass is 313 g/mol. The lowest BCUT2D eigenvalue weighted by molar-refractivity contribution is 0.186. The van der Waals surface area contributed by atoms with Gasteiger partial charge in [-0.15, -0.1) is 0 Å². The minimum absolute atomic E-state index is 0.144. The minimum Gasteiger partial charge on any atom is -0.383 e. The second-order valence-corrected chi connectivity index (χ2v) is 6.64. The van der Waals surface area contributed by atoms with Crippen LogP contribution in [0.25, 0.3) is 0 Å². The van der Waals surface area contributed by atoms with Crippen LogP contribution in [0.15, 0.2) is 18.2 Å². The van der Waals surface area contributed by atoms with Crippen molar-refractivity contribution in [3.05, 3.63) is 34.6 Å². The van der Waals surface area contributed by atoms with Crippen LogP contribution in [0.5, 0.6) is 0 Å². The molecule has 21 heavy (non-hydrogen) atoms. The average Bonchev–Trinajstić information content (AvgIpc) is 2.49. The lowest BCUT2D eigenvalue weighted by Gasteiger charge is -2.40. The molecule has 2 nitrogen and oxygen atoms in total. The Hall–Kier alpha value is -0.640. The summed E-state index contributed by atoms with van der Waals surface area (Å²) < 4.78 is 19.6. The fraction of sp³-hybridized carbons (Fsp3) is 0.647. The van der Waals surface area contributed by atoms with Gasteiger partial charge < -0.3 is 10.1 Å². The number of benzene rings is 1. The Bertz CT molecular complexity index is 458. The Balaban J connectivity index is 2.21. The molecule has 118 valence electrons. The Morgan fingerprint density at radius 2 is 2.10 bits per heavy atom. The number of hydrogen-bond acceptors (Lipinski definition) is 2. The predicted octanol–water partition coefficient (Wildman–Crippen LogP) is 4.16. The normalized spacial score (nSPS) is 26.0. The zero-order chi connectivity index (χ0) is 15.3. The molecule has 0 unspecified atom stereocenters. The summed E-state index contributed by atoms with van der Waals surface area (Å²) in [6.45, 7) is 4.51. The van der Waals surface area contributed by atoms with Gasteiger partial charge in [-0.3, -0.25) is 0 Å². The molecule has 0 radical (unpaired) electrons. The van der Waals surface area contributed by atoms with Crippen molar-refractivity contribution in [1.82, 2.24) is 5.32 Å². The van der Waals surface area contributed by atoms with Crippen molar-refractivity contribution in [2.75, 3.05) is 26.8 Å². The summed E-state index contributed by atoms with van der Waals surface area (Å²) in [6, 6.07) is 5.38. The van der Waals surface area contributed by atoms with Gasteiger partial charge in [0.25, 0.3) is 0 Å². The molecular weight excluding hydrogens is 289 g/mol. The average molecular weight is 314 g/mol. The molecule has 0 heterocycles. The van der Waals surface area contributed by atoms with Gasteiger partial charge in [-0.2, -0.15) is 0 Å². The van der Waals surface area contributed by atoms with Crippen molar-refractivity contribution >= 4 is 11.6 Å². The van der Waals surface area contributed by atoms with Crippen molar-refractivity contribution in [3.63, 3.8) is 0 Å². The van der Waals surface area contributed by atoms with Gasteiger partial charge in [-0.25, -0.2) is 4.39 Å². The molecule has 0 aromatic heterocycles. The van der Waals surface area contributed by atoms with Gasteiger partial charge in [0.1, 0.15) is 5.82 Å². The van der Waals surface area contributed by atoms with Crippen molar-refractivity contribution < 1.29 is 9.13 Å². The second-order valence-electron chi connectivity index (χ2n) is 6.23. The summed E-state index contributed by atoms with van der Waals surface area (Å²) in [4.78, 5) is 0. The molecular formula is C17H25ClFNO. The summed E-state index contributed by atoms with van der Waals surface area (Å²) in [5.74, 6) is 0.474. The third-order valence-electron chi connectivity index (χ3n) is 4.70. The molecule has 4 heteroatoms. The molecule has 0 bridgehead atoms. The maximum Gasteiger partial charge on any atom is 0.145 e. The Kier molecular flexibility index (Phi) is 6.03. The fourth-order valence-corrected chi connectivity index (χ4v) is 3.45. The van der Waals surface area contributed by atoms with E-state index in [9.17, 15) is 4.39 Å². The third-order valence-corrected chi connectivity index (χ3v) is 4.99. The largest absolute Gasteiger partial charge is 0.383 e. The Morgan fingerprint density at radius 3 is 2.76 bits per heavy atom. The minimum atomic E-state index is -0.248. The molecule has 1 aliphatic rings. The summed E-state index contributed by atoms with van der Waals surface area (Å²) in [7, 11) is 1.69. The first-order valence-corrected chi connectivity index (χ1v) is 8.11. The zero-order valence-electron chi connectivity index (χ0n) is 12.9. The van der Waals surface area contributed by atoms with E-state index in [1.807, 2.05) is 12.1 Å². The van der Waals surface area contributed by atoms with Crippen LogP contribution in [-0.4, -0.2) is 26.8 Å². The Morgan fingerprint density at radius 1 is 1.38 bits per heavy atom.